The molecule has 328 valence electrons. The van der Waals surface area contributed by atoms with E-state index in [4.69, 9.17) is 4.74 Å². The Kier molecular flexibility index (Phi) is 17.0. The third-order valence-corrected chi connectivity index (χ3v) is 11.1. The summed E-state index contributed by atoms with van der Waals surface area (Å²) in [7, 11) is -2.61. The maximum Gasteiger partial charge on any atom is 0.251 e. The minimum absolute atomic E-state index is 0.0131. The molecule has 0 saturated carbocycles. The van der Waals surface area contributed by atoms with Crippen molar-refractivity contribution < 1.29 is 50.6 Å². The van der Waals surface area contributed by atoms with Crippen molar-refractivity contribution in [2.24, 2.45) is 11.8 Å². The van der Waals surface area contributed by atoms with Gasteiger partial charge in [-0.1, -0.05) is 63.2 Å². The van der Waals surface area contributed by atoms with Gasteiger partial charge in [-0.25, -0.2) is 21.6 Å². The second-order valence-corrected chi connectivity index (χ2v) is 17.3. The first-order valence-corrected chi connectivity index (χ1v) is 21.4. The first-order valence-electron chi connectivity index (χ1n) is 19.5. The third kappa shape index (κ3) is 14.4. The van der Waals surface area contributed by atoms with E-state index in [0.717, 1.165) is 28.3 Å². The van der Waals surface area contributed by atoms with Gasteiger partial charge in [0.15, 0.2) is 0 Å². The highest BCUT2D eigenvalue weighted by molar-refractivity contribution is 7.92. The Bertz CT molecular complexity index is 2240. The van der Waals surface area contributed by atoms with Gasteiger partial charge < -0.3 is 31.1 Å². The van der Waals surface area contributed by atoms with Crippen LogP contribution >= 0.6 is 0 Å². The highest BCUT2D eigenvalue weighted by atomic mass is 32.2. The minimum atomic E-state index is -3.87. The van der Waals surface area contributed by atoms with Crippen LogP contribution in [-0.4, -0.2) is 75.3 Å². The minimum Gasteiger partial charge on any atom is -0.391 e. The number of amides is 4. The molecule has 4 aromatic rings. The molecule has 0 fully saturated rings. The van der Waals surface area contributed by atoms with Crippen LogP contribution in [0.5, 0.6) is 0 Å². The Hall–Kier alpha value is -5.78. The van der Waals surface area contributed by atoms with Gasteiger partial charge in [0.2, 0.25) is 21.8 Å². The summed E-state index contributed by atoms with van der Waals surface area (Å²) in [6.45, 7) is 6.06. The average molecular weight is 868 g/mol. The van der Waals surface area contributed by atoms with Crippen molar-refractivity contribution in [3.8, 4) is 0 Å². The van der Waals surface area contributed by atoms with Gasteiger partial charge in [-0.15, -0.1) is 0 Å². The lowest BCUT2D eigenvalue weighted by atomic mass is 9.96. The molecule has 13 nitrogen and oxygen atoms in total. The van der Waals surface area contributed by atoms with Crippen LogP contribution in [0, 0.1) is 29.3 Å². The summed E-state index contributed by atoms with van der Waals surface area (Å²) in [4.78, 5) is 54.1. The molecule has 0 aliphatic carbocycles. The second kappa shape index (κ2) is 21.7. The Balaban J connectivity index is 1.56. The van der Waals surface area contributed by atoms with Crippen LogP contribution in [0.15, 0.2) is 91.0 Å². The van der Waals surface area contributed by atoms with E-state index in [-0.39, 0.29) is 47.9 Å². The van der Waals surface area contributed by atoms with E-state index in [9.17, 15) is 45.9 Å². The van der Waals surface area contributed by atoms with E-state index in [0.29, 0.717) is 11.6 Å². The quantitative estimate of drug-likeness (QED) is 0.0809. The Morgan fingerprint density at radius 1 is 0.738 bits per heavy atom. The van der Waals surface area contributed by atoms with Crippen LogP contribution < -0.4 is 25.6 Å². The van der Waals surface area contributed by atoms with E-state index in [1.807, 2.05) is 18.2 Å². The lowest BCUT2D eigenvalue weighted by molar-refractivity contribution is -0.132. The molecular formula is C44H52F3N5O8S. The molecule has 0 aromatic heterocycles. The number of rotatable bonds is 20. The molecular weight excluding hydrogens is 816 g/mol. The lowest BCUT2D eigenvalue weighted by Crippen LogP contribution is -2.52. The van der Waals surface area contributed by atoms with Gasteiger partial charge in [0.1, 0.15) is 23.5 Å². The van der Waals surface area contributed by atoms with Crippen molar-refractivity contribution in [1.29, 1.82) is 0 Å². The lowest BCUT2D eigenvalue weighted by Gasteiger charge is -2.28. The number of halogens is 3. The number of nitrogens with one attached hydrogen (secondary N) is 4. The summed E-state index contributed by atoms with van der Waals surface area (Å²) >= 11 is 0. The maximum atomic E-state index is 14.0. The molecule has 5 atom stereocenters. The zero-order valence-electron chi connectivity index (χ0n) is 34.7. The van der Waals surface area contributed by atoms with E-state index in [2.05, 4.69) is 21.3 Å². The van der Waals surface area contributed by atoms with Gasteiger partial charge in [-0.2, -0.15) is 0 Å². The fourth-order valence-electron chi connectivity index (χ4n) is 6.22. The topological polar surface area (TPSA) is 183 Å². The van der Waals surface area contributed by atoms with Gasteiger partial charge in [0, 0.05) is 36.7 Å². The van der Waals surface area contributed by atoms with Crippen LogP contribution in [-0.2, 0) is 37.5 Å². The first-order chi connectivity index (χ1) is 28.7. The number of aliphatic hydroxyl groups excluding tert-OH is 1. The van der Waals surface area contributed by atoms with E-state index >= 15 is 0 Å². The SMILES string of the molecule is CC(C)[C@H](NC(=O)[C@H](C)C[C@H](O)[C@H](COCc1cc(F)cc(F)c1)NC(=O)c1cc(C(=O)N[C@H](C)c2ccccc2)cc(N(C)S(C)(=O)=O)c1)C(=O)NCc1ccc(F)cc1. The molecule has 0 bridgehead atoms. The highest BCUT2D eigenvalue weighted by Crippen LogP contribution is 2.23. The average Bonchev–Trinajstić information content (AvgIpc) is 3.20. The molecule has 4 amide bonds. The van der Waals surface area contributed by atoms with Gasteiger partial charge in [-0.3, -0.25) is 23.5 Å². The maximum absolute atomic E-state index is 14.0. The van der Waals surface area contributed by atoms with Crippen molar-refractivity contribution in [3.05, 3.63) is 136 Å². The van der Waals surface area contributed by atoms with E-state index in [1.54, 1.807) is 32.9 Å². The molecule has 0 radical (unpaired) electrons. The number of ether oxygens (including phenoxy) is 1. The number of aliphatic hydroxyl groups is 1. The summed E-state index contributed by atoms with van der Waals surface area (Å²) in [5, 5.41) is 22.5. The fraction of sp³-hybridized carbons (Fsp3) is 0.364. The van der Waals surface area contributed by atoms with Crippen molar-refractivity contribution in [2.75, 3.05) is 24.2 Å². The molecule has 0 unspecified atom stereocenters. The van der Waals surface area contributed by atoms with Crippen LogP contribution in [0.4, 0.5) is 18.9 Å². The van der Waals surface area contributed by atoms with E-state index < -0.39 is 87.9 Å². The van der Waals surface area contributed by atoms with Crippen molar-refractivity contribution >= 4 is 39.3 Å². The predicted molar refractivity (Wildman–Crippen MR) is 224 cm³/mol. The molecule has 4 rings (SSSR count). The van der Waals surface area contributed by atoms with Crippen molar-refractivity contribution in [1.82, 2.24) is 21.3 Å². The fourth-order valence-corrected chi connectivity index (χ4v) is 6.70. The molecule has 0 heterocycles. The summed E-state index contributed by atoms with van der Waals surface area (Å²) in [5.74, 6) is -5.95. The van der Waals surface area contributed by atoms with Crippen LogP contribution in [0.25, 0.3) is 0 Å². The van der Waals surface area contributed by atoms with Gasteiger partial charge in [0.25, 0.3) is 11.8 Å². The number of sulfonamides is 1. The molecule has 0 aliphatic rings. The monoisotopic (exact) mass is 867 g/mol. The van der Waals surface area contributed by atoms with Gasteiger partial charge in [0.05, 0.1) is 43.3 Å². The Labute approximate surface area is 354 Å². The zero-order chi connectivity index (χ0) is 45.0. The third-order valence-electron chi connectivity index (χ3n) is 9.89. The summed E-state index contributed by atoms with van der Waals surface area (Å²) in [6.07, 6.45) is -0.805. The van der Waals surface area contributed by atoms with Crippen molar-refractivity contribution in [2.45, 2.75) is 71.5 Å². The highest BCUT2D eigenvalue weighted by Gasteiger charge is 2.31. The van der Waals surface area contributed by atoms with Gasteiger partial charge in [-0.05, 0) is 78.4 Å². The first kappa shape index (κ1) is 47.9. The number of carbonyl (C=O) groups is 4. The smallest absolute Gasteiger partial charge is 0.251 e. The normalized spacial score (nSPS) is 14.0. The van der Waals surface area contributed by atoms with Gasteiger partial charge >= 0.3 is 0 Å². The molecule has 4 aromatic carbocycles. The molecule has 0 aliphatic heterocycles. The van der Waals surface area contributed by atoms with Crippen LogP contribution in [0.1, 0.15) is 77.6 Å². The Morgan fingerprint density at radius 2 is 1.33 bits per heavy atom. The predicted octanol–water partition coefficient (Wildman–Crippen LogP) is 5.15. The molecule has 61 heavy (non-hydrogen) atoms. The van der Waals surface area contributed by atoms with Crippen LogP contribution in [0.3, 0.4) is 0 Å². The standard InChI is InChI=1S/C44H52F3N5O8S/c1-26(2)40(44(57)48-23-29-12-14-34(45)15-13-29)51-41(54)27(3)16-39(53)38(25-60-24-30-17-35(46)22-36(47)18-30)50-43(56)33-19-32(20-37(21-33)52(5)61(6,58)59)42(55)49-28(4)31-10-8-7-9-11-31/h7-15,17-22,26-28,38-40,53H,16,23-25H2,1-6H3,(H,48,57)(H,49,55)(H,50,56)(H,51,54)/t27-,28-,38+,39+,40+/m1/s1. The largest absolute Gasteiger partial charge is 0.391 e. The zero-order valence-corrected chi connectivity index (χ0v) is 35.6. The number of carbonyl (C=O) groups excluding carboxylic acids is 4. The number of nitrogens with zero attached hydrogens (tertiary/aromatic N) is 1. The summed E-state index contributed by atoms with van der Waals surface area (Å²) in [5.41, 5.74) is 1.34. The summed E-state index contributed by atoms with van der Waals surface area (Å²) in [6, 6.07) is 18.5. The molecule has 5 N–H and O–H groups in total. The number of benzene rings is 4. The van der Waals surface area contributed by atoms with Crippen molar-refractivity contribution in [3.63, 3.8) is 0 Å². The van der Waals surface area contributed by atoms with E-state index in [1.165, 1.54) is 56.4 Å². The second-order valence-electron chi connectivity index (χ2n) is 15.3. The molecule has 0 spiro atoms. The van der Waals surface area contributed by atoms with Crippen LogP contribution in [0.2, 0.25) is 0 Å². The number of hydrogen-bond acceptors (Lipinski definition) is 8. The Morgan fingerprint density at radius 3 is 1.90 bits per heavy atom. The molecule has 0 saturated heterocycles. The summed E-state index contributed by atoms with van der Waals surface area (Å²) < 4.78 is 72.9. The number of anilines is 1. The number of hydrogen-bond donors (Lipinski definition) is 5. The molecule has 17 heteroatoms.